The highest BCUT2D eigenvalue weighted by Gasteiger charge is 2.24. The normalized spacial score (nSPS) is 20.6. The Morgan fingerprint density at radius 3 is 2.95 bits per heavy atom. The fourth-order valence-electron chi connectivity index (χ4n) is 2.35. The molecule has 1 unspecified atom stereocenters. The van der Waals surface area contributed by atoms with Crippen molar-refractivity contribution in [1.82, 2.24) is 10.2 Å². The van der Waals surface area contributed by atoms with E-state index < -0.39 is 0 Å². The molecular formula is C15H25N3S2. The molecule has 5 heteroatoms. The molecule has 0 spiro atoms. The Labute approximate surface area is 130 Å². The van der Waals surface area contributed by atoms with Gasteiger partial charge in [0.15, 0.2) is 5.96 Å². The van der Waals surface area contributed by atoms with Crippen LogP contribution in [0, 0.1) is 12.8 Å². The number of guanidine groups is 1. The maximum absolute atomic E-state index is 4.46. The third-order valence-corrected chi connectivity index (χ3v) is 6.29. The molecule has 1 aromatic heterocycles. The fraction of sp³-hybridized carbons (Fsp3) is 0.667. The van der Waals surface area contributed by atoms with Crippen LogP contribution >= 0.6 is 23.1 Å². The average Bonchev–Trinajstić information content (AvgIpc) is 2.85. The summed E-state index contributed by atoms with van der Waals surface area (Å²) in [4.78, 5) is 8.27. The molecule has 0 bridgehead atoms. The monoisotopic (exact) mass is 311 g/mol. The Balaban J connectivity index is 1.93. The number of thioether (sulfide) groups is 1. The van der Waals surface area contributed by atoms with Gasteiger partial charge in [-0.15, -0.1) is 11.3 Å². The quantitative estimate of drug-likeness (QED) is 0.686. The van der Waals surface area contributed by atoms with Gasteiger partial charge in [-0.3, -0.25) is 4.99 Å². The first-order valence-electron chi connectivity index (χ1n) is 7.22. The van der Waals surface area contributed by atoms with Crippen LogP contribution in [-0.2, 0) is 6.54 Å². The second-order valence-electron chi connectivity index (χ2n) is 5.53. The van der Waals surface area contributed by atoms with Crippen molar-refractivity contribution in [3.63, 3.8) is 0 Å². The van der Waals surface area contributed by atoms with Gasteiger partial charge in [0.2, 0.25) is 0 Å². The summed E-state index contributed by atoms with van der Waals surface area (Å²) in [6.45, 7) is 9.87. The van der Waals surface area contributed by atoms with Crippen LogP contribution in [0.1, 0.15) is 24.3 Å². The molecule has 112 valence electrons. The minimum atomic E-state index is 0.714. The van der Waals surface area contributed by atoms with Gasteiger partial charge < -0.3 is 10.2 Å². The molecule has 1 N–H and O–H groups in total. The van der Waals surface area contributed by atoms with Gasteiger partial charge in [0.25, 0.3) is 0 Å². The number of hydrogen-bond donors (Lipinski definition) is 1. The zero-order valence-corrected chi connectivity index (χ0v) is 14.5. The number of hydrogen-bond acceptors (Lipinski definition) is 3. The Bertz CT molecular complexity index is 454. The highest BCUT2D eigenvalue weighted by molar-refractivity contribution is 8.00. The third kappa shape index (κ3) is 3.92. The van der Waals surface area contributed by atoms with Crippen molar-refractivity contribution in [2.75, 3.05) is 25.9 Å². The molecular weight excluding hydrogens is 286 g/mol. The van der Waals surface area contributed by atoms with E-state index in [4.69, 9.17) is 0 Å². The maximum atomic E-state index is 4.46. The van der Waals surface area contributed by atoms with Crippen molar-refractivity contribution in [2.45, 2.75) is 32.6 Å². The lowest BCUT2D eigenvalue weighted by Crippen LogP contribution is -2.48. The van der Waals surface area contributed by atoms with Crippen molar-refractivity contribution in [1.29, 1.82) is 0 Å². The molecule has 3 nitrogen and oxygen atoms in total. The van der Waals surface area contributed by atoms with Crippen LogP contribution in [0.3, 0.4) is 0 Å². The van der Waals surface area contributed by atoms with Crippen LogP contribution in [0.2, 0.25) is 0 Å². The fourth-order valence-corrected chi connectivity index (χ4v) is 4.49. The molecule has 0 aromatic carbocycles. The van der Waals surface area contributed by atoms with E-state index in [9.17, 15) is 0 Å². The molecule has 0 aliphatic carbocycles. The number of aryl methyl sites for hydroxylation is 1. The minimum Gasteiger partial charge on any atom is -0.351 e. The van der Waals surface area contributed by atoms with Gasteiger partial charge in [0.1, 0.15) is 0 Å². The van der Waals surface area contributed by atoms with Crippen molar-refractivity contribution in [3.05, 3.63) is 21.9 Å². The molecule has 2 heterocycles. The second kappa shape index (κ2) is 7.36. The van der Waals surface area contributed by atoms with Gasteiger partial charge in [-0.2, -0.15) is 11.8 Å². The van der Waals surface area contributed by atoms with Crippen molar-refractivity contribution >= 4 is 29.1 Å². The van der Waals surface area contributed by atoms with Crippen LogP contribution in [0.25, 0.3) is 0 Å². The zero-order chi connectivity index (χ0) is 14.5. The van der Waals surface area contributed by atoms with Crippen LogP contribution in [0.15, 0.2) is 16.4 Å². The summed E-state index contributed by atoms with van der Waals surface area (Å²) < 4.78 is 0. The number of thiophene rings is 1. The van der Waals surface area contributed by atoms with E-state index in [1.54, 1.807) is 0 Å². The first kappa shape index (κ1) is 15.7. The van der Waals surface area contributed by atoms with Gasteiger partial charge in [-0.25, -0.2) is 0 Å². The molecule has 1 fully saturated rings. The molecule has 0 radical (unpaired) electrons. The lowest BCUT2D eigenvalue weighted by atomic mass is 10.1. The summed E-state index contributed by atoms with van der Waals surface area (Å²) in [5, 5.41) is 6.39. The number of aliphatic imine (C=N–C) groups is 1. The molecule has 1 atom stereocenters. The Morgan fingerprint density at radius 1 is 1.55 bits per heavy atom. The molecule has 0 saturated carbocycles. The van der Waals surface area contributed by atoms with E-state index in [0.29, 0.717) is 5.25 Å². The smallest absolute Gasteiger partial charge is 0.194 e. The summed E-state index contributed by atoms with van der Waals surface area (Å²) in [6.07, 6.45) is 0. The predicted octanol–water partition coefficient (Wildman–Crippen LogP) is 3.21. The summed E-state index contributed by atoms with van der Waals surface area (Å²) in [5.74, 6) is 2.96. The first-order valence-corrected chi connectivity index (χ1v) is 9.14. The molecule has 1 saturated heterocycles. The molecule has 1 aromatic rings. The Morgan fingerprint density at radius 2 is 2.35 bits per heavy atom. The van der Waals surface area contributed by atoms with Gasteiger partial charge in [-0.1, -0.05) is 13.8 Å². The highest BCUT2D eigenvalue weighted by atomic mass is 32.2. The minimum absolute atomic E-state index is 0.714. The Kier molecular flexibility index (Phi) is 5.78. The van der Waals surface area contributed by atoms with E-state index >= 15 is 0 Å². The summed E-state index contributed by atoms with van der Waals surface area (Å²) in [5.41, 5.74) is 1.37. The SMILES string of the molecule is CN=C(NCc1sccc1C)N1CCSC(C(C)C)C1. The lowest BCUT2D eigenvalue weighted by Gasteiger charge is -2.36. The van der Waals surface area contributed by atoms with Crippen LogP contribution in [0.4, 0.5) is 0 Å². The standard InChI is InChI=1S/C15H25N3S2/c1-11(2)14-10-18(6-8-20-14)15(16-4)17-9-13-12(3)5-7-19-13/h5,7,11,14H,6,8-10H2,1-4H3,(H,16,17). The lowest BCUT2D eigenvalue weighted by molar-refractivity contribution is 0.381. The van der Waals surface area contributed by atoms with Crippen LogP contribution < -0.4 is 5.32 Å². The van der Waals surface area contributed by atoms with Gasteiger partial charge in [0.05, 0.1) is 6.54 Å². The van der Waals surface area contributed by atoms with Crippen LogP contribution in [-0.4, -0.2) is 42.0 Å². The van der Waals surface area contributed by atoms with E-state index in [1.807, 2.05) is 18.4 Å². The van der Waals surface area contributed by atoms with Gasteiger partial charge in [-0.05, 0) is 29.9 Å². The topological polar surface area (TPSA) is 27.6 Å². The van der Waals surface area contributed by atoms with E-state index in [0.717, 1.165) is 31.5 Å². The van der Waals surface area contributed by atoms with Crippen molar-refractivity contribution < 1.29 is 0 Å². The van der Waals surface area contributed by atoms with Gasteiger partial charge in [0, 0.05) is 36.0 Å². The molecule has 2 rings (SSSR count). The van der Waals surface area contributed by atoms with Crippen molar-refractivity contribution in [2.24, 2.45) is 10.9 Å². The average molecular weight is 312 g/mol. The summed E-state index contributed by atoms with van der Waals surface area (Å²) >= 11 is 3.91. The summed E-state index contributed by atoms with van der Waals surface area (Å²) in [7, 11) is 1.88. The van der Waals surface area contributed by atoms with E-state index in [-0.39, 0.29) is 0 Å². The highest BCUT2D eigenvalue weighted by Crippen LogP contribution is 2.25. The van der Waals surface area contributed by atoms with Crippen molar-refractivity contribution in [3.8, 4) is 0 Å². The third-order valence-electron chi connectivity index (χ3n) is 3.72. The number of rotatable bonds is 3. The second-order valence-corrected chi connectivity index (χ2v) is 7.87. The Hall–Kier alpha value is -0.680. The maximum Gasteiger partial charge on any atom is 0.194 e. The number of nitrogens with zero attached hydrogens (tertiary/aromatic N) is 2. The predicted molar refractivity (Wildman–Crippen MR) is 91.9 cm³/mol. The molecule has 0 amide bonds. The first-order chi connectivity index (χ1) is 9.61. The van der Waals surface area contributed by atoms with Crippen LogP contribution in [0.5, 0.6) is 0 Å². The van der Waals surface area contributed by atoms with Gasteiger partial charge >= 0.3 is 0 Å². The summed E-state index contributed by atoms with van der Waals surface area (Å²) in [6, 6.07) is 2.18. The zero-order valence-electron chi connectivity index (χ0n) is 12.8. The van der Waals surface area contributed by atoms with E-state index in [2.05, 4.69) is 59.2 Å². The number of nitrogens with one attached hydrogen (secondary N) is 1. The van der Waals surface area contributed by atoms with E-state index in [1.165, 1.54) is 16.2 Å². The molecule has 20 heavy (non-hydrogen) atoms. The molecule has 1 aliphatic heterocycles. The largest absolute Gasteiger partial charge is 0.351 e. The molecule has 1 aliphatic rings.